The number of hydrogen-bond donors (Lipinski definition) is 3. The van der Waals surface area contributed by atoms with Crippen molar-refractivity contribution in [3.05, 3.63) is 77.5 Å². The maximum absolute atomic E-state index is 10.7. The summed E-state index contributed by atoms with van der Waals surface area (Å²) in [4.78, 5) is 9.13. The van der Waals surface area contributed by atoms with E-state index in [1.165, 1.54) is 0 Å². The Labute approximate surface area is 210 Å². The van der Waals surface area contributed by atoms with Crippen molar-refractivity contribution in [1.82, 2.24) is 15.3 Å². The van der Waals surface area contributed by atoms with Gasteiger partial charge in [-0.1, -0.05) is 30.3 Å². The number of nitrogens with one attached hydrogen (secondary N) is 1. The van der Waals surface area contributed by atoms with E-state index in [0.29, 0.717) is 22.6 Å². The zero-order valence-corrected chi connectivity index (χ0v) is 19.9. The predicted molar refractivity (Wildman–Crippen MR) is 139 cm³/mol. The van der Waals surface area contributed by atoms with E-state index in [-0.39, 0.29) is 36.5 Å². The average Bonchev–Trinajstić information content (AvgIpc) is 2.87. The van der Waals surface area contributed by atoms with E-state index in [2.05, 4.69) is 21.4 Å². The molecular weight excluding hydrogens is 462 g/mol. The molecule has 1 atom stereocenters. The second-order valence-electron chi connectivity index (χ2n) is 8.45. The summed E-state index contributed by atoms with van der Waals surface area (Å²) in [6, 6.07) is 21.0. The molecule has 0 amide bonds. The molecule has 1 aliphatic rings. The topological polar surface area (TPSA) is 117 Å². The first-order chi connectivity index (χ1) is 16.6. The molecule has 0 saturated carbocycles. The first-order valence-corrected chi connectivity index (χ1v) is 11.3. The fraction of sp³-hybridized carbons (Fsp3) is 0.222. The number of benzene rings is 2. The van der Waals surface area contributed by atoms with Crippen molar-refractivity contribution >= 4 is 29.1 Å². The molecule has 1 fully saturated rings. The Kier molecular flexibility index (Phi) is 7.35. The van der Waals surface area contributed by atoms with Crippen LogP contribution in [0.15, 0.2) is 60.7 Å². The molecule has 35 heavy (non-hydrogen) atoms. The smallest absolute Gasteiger partial charge is 0.142 e. The molecule has 1 unspecified atom stereocenters. The van der Waals surface area contributed by atoms with Crippen molar-refractivity contribution < 1.29 is 9.84 Å². The summed E-state index contributed by atoms with van der Waals surface area (Å²) in [5, 5.41) is 24.9. The molecule has 1 saturated heterocycles. The van der Waals surface area contributed by atoms with Crippen LogP contribution in [-0.2, 0) is 6.61 Å². The Balaban J connectivity index is 0.00000289. The monoisotopic (exact) mass is 487 g/mol. The Hall–Kier alpha value is -3.86. The molecule has 178 valence electrons. The third-order valence-electron chi connectivity index (χ3n) is 6.22. The van der Waals surface area contributed by atoms with Crippen molar-refractivity contribution in [2.75, 3.05) is 18.8 Å². The summed E-state index contributed by atoms with van der Waals surface area (Å²) in [5.41, 5.74) is 10.1. The van der Waals surface area contributed by atoms with Crippen molar-refractivity contribution in [2.45, 2.75) is 25.4 Å². The van der Waals surface area contributed by atoms with Gasteiger partial charge in [0.15, 0.2) is 0 Å². The number of phenols is 1. The summed E-state index contributed by atoms with van der Waals surface area (Å²) in [6.07, 6.45) is 1.99. The van der Waals surface area contributed by atoms with Crippen LogP contribution < -0.4 is 15.8 Å². The SMILES string of the molecule is Cl.N#Cc1c(C2CCCNC2)cc(-c2c(O)cccc2OCc2ccc3ccccc3n2)nc1N. The van der Waals surface area contributed by atoms with Crippen LogP contribution in [0.4, 0.5) is 5.82 Å². The van der Waals surface area contributed by atoms with E-state index in [1.807, 2.05) is 42.5 Å². The highest BCUT2D eigenvalue weighted by atomic mass is 35.5. The fourth-order valence-electron chi connectivity index (χ4n) is 4.51. The predicted octanol–water partition coefficient (Wildman–Crippen LogP) is 4.92. The number of anilines is 1. The summed E-state index contributed by atoms with van der Waals surface area (Å²) >= 11 is 0. The van der Waals surface area contributed by atoms with Gasteiger partial charge in [0.05, 0.1) is 28.0 Å². The molecule has 2 aromatic carbocycles. The summed E-state index contributed by atoms with van der Waals surface area (Å²) in [7, 11) is 0. The molecule has 8 heteroatoms. The molecule has 3 heterocycles. The Bertz CT molecular complexity index is 1400. The molecule has 0 aliphatic carbocycles. The second kappa shape index (κ2) is 10.6. The molecule has 0 spiro atoms. The molecule has 7 nitrogen and oxygen atoms in total. The number of nitrogens with two attached hydrogens (primary N) is 1. The molecular formula is C27H26ClN5O2. The number of ether oxygens (including phenoxy) is 1. The third kappa shape index (κ3) is 4.99. The summed E-state index contributed by atoms with van der Waals surface area (Å²) < 4.78 is 6.11. The minimum absolute atomic E-state index is 0. The fourth-order valence-corrected chi connectivity index (χ4v) is 4.51. The van der Waals surface area contributed by atoms with Crippen LogP contribution in [0.2, 0.25) is 0 Å². The second-order valence-corrected chi connectivity index (χ2v) is 8.45. The van der Waals surface area contributed by atoms with E-state index < -0.39 is 0 Å². The average molecular weight is 488 g/mol. The summed E-state index contributed by atoms with van der Waals surface area (Å²) in [6.45, 7) is 1.97. The van der Waals surface area contributed by atoms with E-state index in [0.717, 1.165) is 48.1 Å². The quantitative estimate of drug-likeness (QED) is 0.365. The first-order valence-electron chi connectivity index (χ1n) is 11.3. The molecule has 0 bridgehead atoms. The van der Waals surface area contributed by atoms with Gasteiger partial charge in [-0.05, 0) is 61.2 Å². The van der Waals surface area contributed by atoms with Crippen LogP contribution in [-0.4, -0.2) is 28.2 Å². The van der Waals surface area contributed by atoms with Crippen molar-refractivity contribution in [2.24, 2.45) is 0 Å². The number of aromatic nitrogens is 2. The zero-order chi connectivity index (χ0) is 23.5. The lowest BCUT2D eigenvalue weighted by Gasteiger charge is -2.25. The first kappa shape index (κ1) is 24.3. The molecule has 0 radical (unpaired) electrons. The molecule has 4 N–H and O–H groups in total. The minimum Gasteiger partial charge on any atom is -0.507 e. The molecule has 2 aromatic heterocycles. The highest BCUT2D eigenvalue weighted by Crippen LogP contribution is 2.40. The highest BCUT2D eigenvalue weighted by molar-refractivity contribution is 5.85. The Morgan fingerprint density at radius 3 is 2.77 bits per heavy atom. The van der Waals surface area contributed by atoms with Gasteiger partial charge >= 0.3 is 0 Å². The van der Waals surface area contributed by atoms with E-state index >= 15 is 0 Å². The Morgan fingerprint density at radius 1 is 1.11 bits per heavy atom. The number of piperidine rings is 1. The molecule has 4 aromatic rings. The lowest BCUT2D eigenvalue weighted by molar-refractivity contribution is 0.301. The number of fused-ring (bicyclic) bond motifs is 1. The van der Waals surface area contributed by atoms with E-state index in [1.54, 1.807) is 18.2 Å². The largest absolute Gasteiger partial charge is 0.507 e. The molecule has 5 rings (SSSR count). The van der Waals surface area contributed by atoms with Crippen molar-refractivity contribution in [3.63, 3.8) is 0 Å². The van der Waals surface area contributed by atoms with Gasteiger partial charge in [-0.2, -0.15) is 5.26 Å². The number of halogens is 1. The van der Waals surface area contributed by atoms with Crippen LogP contribution in [0.3, 0.4) is 0 Å². The Morgan fingerprint density at radius 2 is 1.97 bits per heavy atom. The number of aromatic hydroxyl groups is 1. The molecule has 1 aliphatic heterocycles. The number of phenolic OH excluding ortho intramolecular Hbond substituents is 1. The van der Waals surface area contributed by atoms with Gasteiger partial charge < -0.3 is 20.9 Å². The van der Waals surface area contributed by atoms with Gasteiger partial charge in [-0.15, -0.1) is 12.4 Å². The summed E-state index contributed by atoms with van der Waals surface area (Å²) in [5.74, 6) is 0.822. The van der Waals surface area contributed by atoms with E-state index in [4.69, 9.17) is 10.5 Å². The van der Waals surface area contributed by atoms with Gasteiger partial charge in [0, 0.05) is 11.9 Å². The highest BCUT2D eigenvalue weighted by Gasteiger charge is 2.24. The van der Waals surface area contributed by atoms with Gasteiger partial charge in [0.25, 0.3) is 0 Å². The zero-order valence-electron chi connectivity index (χ0n) is 19.1. The number of pyridine rings is 2. The number of hydrogen-bond acceptors (Lipinski definition) is 7. The van der Waals surface area contributed by atoms with Crippen LogP contribution in [0.1, 0.15) is 35.6 Å². The number of rotatable bonds is 5. The maximum atomic E-state index is 10.7. The maximum Gasteiger partial charge on any atom is 0.142 e. The van der Waals surface area contributed by atoms with Crippen LogP contribution in [0.25, 0.3) is 22.2 Å². The van der Waals surface area contributed by atoms with Gasteiger partial charge in [0.2, 0.25) is 0 Å². The number of para-hydroxylation sites is 1. The lowest BCUT2D eigenvalue weighted by atomic mass is 9.88. The van der Waals surface area contributed by atoms with Crippen LogP contribution in [0, 0.1) is 11.3 Å². The lowest BCUT2D eigenvalue weighted by Crippen LogP contribution is -2.29. The van der Waals surface area contributed by atoms with Crippen molar-refractivity contribution in [1.29, 1.82) is 5.26 Å². The van der Waals surface area contributed by atoms with Crippen LogP contribution in [0.5, 0.6) is 11.5 Å². The van der Waals surface area contributed by atoms with Gasteiger partial charge in [0.1, 0.15) is 30.0 Å². The van der Waals surface area contributed by atoms with Crippen molar-refractivity contribution in [3.8, 4) is 28.8 Å². The normalized spacial score (nSPS) is 15.2. The van der Waals surface area contributed by atoms with Crippen LogP contribution >= 0.6 is 12.4 Å². The standard InChI is InChI=1S/C27H25N5O2.ClH/c28-14-21-20(18-6-4-12-30-15-18)13-23(32-27(21)29)26-24(33)8-3-9-25(26)34-16-19-11-10-17-5-1-2-7-22(17)31-19;/h1-3,5,7-11,13,18,30,33H,4,6,12,15-16H2,(H2,29,32);1H. The number of nitrogen functional groups attached to an aromatic ring is 1. The third-order valence-corrected chi connectivity index (χ3v) is 6.22. The van der Waals surface area contributed by atoms with Gasteiger partial charge in [-0.3, -0.25) is 0 Å². The number of nitriles is 1. The van der Waals surface area contributed by atoms with E-state index in [9.17, 15) is 10.4 Å². The number of nitrogens with zero attached hydrogens (tertiary/aromatic N) is 3. The van der Waals surface area contributed by atoms with Gasteiger partial charge in [-0.25, -0.2) is 9.97 Å². The minimum atomic E-state index is 0.